The Kier molecular flexibility index (Phi) is 21.1. The van der Waals surface area contributed by atoms with Crippen LogP contribution in [0.2, 0.25) is 0 Å². The van der Waals surface area contributed by atoms with E-state index >= 15 is 0 Å². The predicted molar refractivity (Wildman–Crippen MR) is 115 cm³/mol. The van der Waals surface area contributed by atoms with E-state index < -0.39 is 5.97 Å². The normalized spacial score (nSPS) is 11.7. The average Bonchev–Trinajstić information content (AvgIpc) is 2.62. The van der Waals surface area contributed by atoms with Crippen LogP contribution >= 0.6 is 0 Å². The summed E-state index contributed by atoms with van der Waals surface area (Å²) in [5, 5.41) is 8.54. The van der Waals surface area contributed by atoms with Crippen molar-refractivity contribution >= 4 is 5.97 Å². The standard InChI is InChI=1S/C24H44O2/c1-2-3-4-5-6-7-8-9-10-11-12-13-14-15-16-17-18-19-20-21-22-23-24(25)26/h15-16,19-20H,2-14,17-18,21-23H2,1H3,(H,25,26)/b16-15+,20-19+. The second kappa shape index (κ2) is 22.0. The summed E-state index contributed by atoms with van der Waals surface area (Å²) < 4.78 is 0. The fourth-order valence-electron chi connectivity index (χ4n) is 3.14. The smallest absolute Gasteiger partial charge is 0.303 e. The molecule has 0 aliphatic heterocycles. The van der Waals surface area contributed by atoms with Crippen molar-refractivity contribution in [2.45, 2.75) is 122 Å². The van der Waals surface area contributed by atoms with Crippen molar-refractivity contribution in [3.63, 3.8) is 0 Å². The summed E-state index contributed by atoms with van der Waals surface area (Å²) in [4.78, 5) is 10.4. The Labute approximate surface area is 163 Å². The first kappa shape index (κ1) is 24.9. The van der Waals surface area contributed by atoms with E-state index in [1.807, 2.05) is 0 Å². The Morgan fingerprint density at radius 2 is 0.962 bits per heavy atom. The lowest BCUT2D eigenvalue weighted by molar-refractivity contribution is -0.137. The average molecular weight is 365 g/mol. The van der Waals surface area contributed by atoms with Gasteiger partial charge in [-0.1, -0.05) is 102 Å². The molecule has 0 rings (SSSR count). The molecule has 0 spiro atoms. The third-order valence-electron chi connectivity index (χ3n) is 4.82. The van der Waals surface area contributed by atoms with Crippen LogP contribution in [0.1, 0.15) is 122 Å². The maximum Gasteiger partial charge on any atom is 0.303 e. The Hall–Kier alpha value is -1.05. The first-order valence-corrected chi connectivity index (χ1v) is 11.3. The molecule has 0 bridgehead atoms. The number of allylic oxidation sites excluding steroid dienone is 4. The first-order chi connectivity index (χ1) is 12.8. The molecule has 0 fully saturated rings. The number of rotatable bonds is 20. The summed E-state index contributed by atoms with van der Waals surface area (Å²) in [6.45, 7) is 2.28. The Bertz CT molecular complexity index is 344. The fraction of sp³-hybridized carbons (Fsp3) is 0.792. The zero-order chi connectivity index (χ0) is 19.1. The molecule has 0 aromatic heterocycles. The Morgan fingerprint density at radius 1 is 0.577 bits per heavy atom. The second-order valence-corrected chi connectivity index (χ2v) is 7.48. The Balaban J connectivity index is 3.15. The summed E-state index contributed by atoms with van der Waals surface area (Å²) in [6.07, 6.45) is 31.2. The molecule has 0 unspecified atom stereocenters. The SMILES string of the molecule is CCCCCCCCCCCCCC/C=C/CC/C=C/CCCC(=O)O. The van der Waals surface area contributed by atoms with Gasteiger partial charge in [-0.2, -0.15) is 0 Å². The van der Waals surface area contributed by atoms with E-state index in [0.717, 1.165) is 25.7 Å². The molecular formula is C24H44O2. The molecule has 0 saturated heterocycles. The van der Waals surface area contributed by atoms with Crippen LogP contribution in [-0.2, 0) is 4.79 Å². The van der Waals surface area contributed by atoms with E-state index in [9.17, 15) is 4.79 Å². The fourth-order valence-corrected chi connectivity index (χ4v) is 3.14. The van der Waals surface area contributed by atoms with Crippen molar-refractivity contribution < 1.29 is 9.90 Å². The van der Waals surface area contributed by atoms with E-state index in [1.54, 1.807) is 0 Å². The molecule has 0 radical (unpaired) electrons. The van der Waals surface area contributed by atoms with Crippen LogP contribution in [0, 0.1) is 0 Å². The van der Waals surface area contributed by atoms with Crippen LogP contribution in [0.15, 0.2) is 24.3 Å². The third-order valence-corrected chi connectivity index (χ3v) is 4.82. The zero-order valence-electron chi connectivity index (χ0n) is 17.4. The van der Waals surface area contributed by atoms with E-state index in [2.05, 4.69) is 31.2 Å². The number of unbranched alkanes of at least 4 members (excludes halogenated alkanes) is 14. The van der Waals surface area contributed by atoms with Gasteiger partial charge >= 0.3 is 5.97 Å². The number of hydrogen-bond acceptors (Lipinski definition) is 1. The lowest BCUT2D eigenvalue weighted by Gasteiger charge is -2.02. The molecule has 26 heavy (non-hydrogen) atoms. The predicted octanol–water partition coefficient (Wildman–Crippen LogP) is 8.23. The second-order valence-electron chi connectivity index (χ2n) is 7.48. The summed E-state index contributed by atoms with van der Waals surface area (Å²) in [5.74, 6) is -0.695. The van der Waals surface area contributed by atoms with E-state index in [1.165, 1.54) is 83.5 Å². The summed E-state index contributed by atoms with van der Waals surface area (Å²) >= 11 is 0. The van der Waals surface area contributed by atoms with Crippen LogP contribution in [0.3, 0.4) is 0 Å². The molecular weight excluding hydrogens is 320 g/mol. The van der Waals surface area contributed by atoms with Gasteiger partial charge in [0.1, 0.15) is 0 Å². The summed E-state index contributed by atoms with van der Waals surface area (Å²) in [6, 6.07) is 0. The van der Waals surface area contributed by atoms with Crippen LogP contribution < -0.4 is 0 Å². The van der Waals surface area contributed by atoms with Gasteiger partial charge in [-0.05, 0) is 38.5 Å². The molecule has 2 nitrogen and oxygen atoms in total. The molecule has 1 N–H and O–H groups in total. The molecule has 152 valence electrons. The van der Waals surface area contributed by atoms with Crippen LogP contribution in [0.25, 0.3) is 0 Å². The molecule has 0 aliphatic carbocycles. The molecule has 0 aromatic rings. The number of aliphatic carboxylic acids is 1. The number of carboxylic acid groups (broad SMARTS) is 1. The first-order valence-electron chi connectivity index (χ1n) is 11.3. The molecule has 0 aromatic carbocycles. The van der Waals surface area contributed by atoms with Crippen LogP contribution in [0.4, 0.5) is 0 Å². The highest BCUT2D eigenvalue weighted by Crippen LogP contribution is 2.12. The topological polar surface area (TPSA) is 37.3 Å². The van der Waals surface area contributed by atoms with Crippen molar-refractivity contribution in [3.05, 3.63) is 24.3 Å². The van der Waals surface area contributed by atoms with Crippen molar-refractivity contribution in [3.8, 4) is 0 Å². The van der Waals surface area contributed by atoms with E-state index in [4.69, 9.17) is 5.11 Å². The maximum absolute atomic E-state index is 10.4. The molecule has 0 saturated carbocycles. The van der Waals surface area contributed by atoms with Gasteiger partial charge in [0.05, 0.1) is 0 Å². The van der Waals surface area contributed by atoms with Crippen LogP contribution in [-0.4, -0.2) is 11.1 Å². The lowest BCUT2D eigenvalue weighted by Crippen LogP contribution is -1.92. The third kappa shape index (κ3) is 22.9. The van der Waals surface area contributed by atoms with E-state index in [-0.39, 0.29) is 6.42 Å². The van der Waals surface area contributed by atoms with Gasteiger partial charge in [0, 0.05) is 6.42 Å². The van der Waals surface area contributed by atoms with Crippen LogP contribution in [0.5, 0.6) is 0 Å². The number of carbonyl (C=O) groups is 1. The minimum Gasteiger partial charge on any atom is -0.481 e. The summed E-state index contributed by atoms with van der Waals surface area (Å²) in [7, 11) is 0. The van der Waals surface area contributed by atoms with Gasteiger partial charge in [0.15, 0.2) is 0 Å². The van der Waals surface area contributed by atoms with Gasteiger partial charge in [0.25, 0.3) is 0 Å². The van der Waals surface area contributed by atoms with Gasteiger partial charge in [-0.15, -0.1) is 0 Å². The van der Waals surface area contributed by atoms with Crippen molar-refractivity contribution in [2.24, 2.45) is 0 Å². The highest BCUT2D eigenvalue weighted by Gasteiger charge is 1.94. The van der Waals surface area contributed by atoms with Gasteiger partial charge in [-0.25, -0.2) is 0 Å². The van der Waals surface area contributed by atoms with Gasteiger partial charge in [0.2, 0.25) is 0 Å². The molecule has 0 heterocycles. The van der Waals surface area contributed by atoms with Gasteiger partial charge in [-0.3, -0.25) is 4.79 Å². The number of hydrogen-bond donors (Lipinski definition) is 1. The zero-order valence-corrected chi connectivity index (χ0v) is 17.4. The highest BCUT2D eigenvalue weighted by atomic mass is 16.4. The monoisotopic (exact) mass is 364 g/mol. The Morgan fingerprint density at radius 3 is 1.42 bits per heavy atom. The van der Waals surface area contributed by atoms with Crippen molar-refractivity contribution in [2.75, 3.05) is 0 Å². The largest absolute Gasteiger partial charge is 0.481 e. The molecule has 2 heteroatoms. The van der Waals surface area contributed by atoms with Crippen molar-refractivity contribution in [1.82, 2.24) is 0 Å². The summed E-state index contributed by atoms with van der Waals surface area (Å²) in [5.41, 5.74) is 0. The highest BCUT2D eigenvalue weighted by molar-refractivity contribution is 5.66. The van der Waals surface area contributed by atoms with E-state index in [0.29, 0.717) is 0 Å². The molecule has 0 atom stereocenters. The lowest BCUT2D eigenvalue weighted by atomic mass is 10.0. The number of carboxylic acids is 1. The maximum atomic E-state index is 10.4. The minimum atomic E-state index is -0.695. The van der Waals surface area contributed by atoms with Crippen molar-refractivity contribution in [1.29, 1.82) is 0 Å². The minimum absolute atomic E-state index is 0.281. The molecule has 0 amide bonds. The quantitative estimate of drug-likeness (QED) is 0.174. The molecule has 0 aliphatic rings. The van der Waals surface area contributed by atoms with Gasteiger partial charge < -0.3 is 5.11 Å².